The summed E-state index contributed by atoms with van der Waals surface area (Å²) >= 11 is 0. The lowest BCUT2D eigenvalue weighted by atomic mass is 10.2. The zero-order valence-electron chi connectivity index (χ0n) is 14.4. The standard InChI is InChI=1S/C18H23NO3SSi/c1-22-15-10-12-16(13-11-15)23(20,21)19-17(18(19)24(2,3)4)14-8-6-5-7-9-14/h5-13,17-18H,1-4H3/t17-,18+,19?/m0/s1. The number of sulfonamides is 1. The van der Waals surface area contributed by atoms with Gasteiger partial charge in [0.25, 0.3) is 0 Å². The minimum Gasteiger partial charge on any atom is -0.497 e. The largest absolute Gasteiger partial charge is 0.497 e. The number of ether oxygens (including phenoxy) is 1. The van der Waals surface area contributed by atoms with Crippen molar-refractivity contribution in [3.63, 3.8) is 0 Å². The van der Waals surface area contributed by atoms with Crippen LogP contribution in [-0.4, -0.2) is 33.6 Å². The van der Waals surface area contributed by atoms with E-state index in [9.17, 15) is 8.42 Å². The zero-order valence-corrected chi connectivity index (χ0v) is 16.2. The molecule has 1 aliphatic heterocycles. The molecule has 2 aromatic carbocycles. The predicted molar refractivity (Wildman–Crippen MR) is 98.3 cm³/mol. The van der Waals surface area contributed by atoms with E-state index >= 15 is 0 Å². The van der Waals surface area contributed by atoms with Gasteiger partial charge in [-0.25, -0.2) is 8.42 Å². The van der Waals surface area contributed by atoms with Crippen LogP contribution in [0.25, 0.3) is 0 Å². The quantitative estimate of drug-likeness (QED) is 0.603. The Kier molecular flexibility index (Phi) is 4.31. The molecular formula is C18H23NO3SSi. The van der Waals surface area contributed by atoms with Crippen LogP contribution >= 0.6 is 0 Å². The molecule has 3 atom stereocenters. The van der Waals surface area contributed by atoms with Gasteiger partial charge in [0.1, 0.15) is 5.75 Å². The normalized spacial score (nSPS) is 23.8. The van der Waals surface area contributed by atoms with E-state index in [0.29, 0.717) is 10.6 Å². The smallest absolute Gasteiger partial charge is 0.243 e. The second-order valence-corrected chi connectivity index (χ2v) is 14.3. The van der Waals surface area contributed by atoms with Gasteiger partial charge in [-0.15, -0.1) is 0 Å². The molecule has 3 rings (SSSR count). The molecule has 0 spiro atoms. The van der Waals surface area contributed by atoms with Gasteiger partial charge in [-0.3, -0.25) is 0 Å². The van der Waals surface area contributed by atoms with Crippen molar-refractivity contribution in [3.8, 4) is 5.75 Å². The van der Waals surface area contributed by atoms with Crippen molar-refractivity contribution in [2.24, 2.45) is 0 Å². The van der Waals surface area contributed by atoms with E-state index in [1.807, 2.05) is 30.3 Å². The molecule has 1 unspecified atom stereocenters. The third-order valence-corrected chi connectivity index (χ3v) is 8.85. The van der Waals surface area contributed by atoms with Gasteiger partial charge in [0.2, 0.25) is 10.0 Å². The van der Waals surface area contributed by atoms with E-state index in [1.165, 1.54) is 0 Å². The number of hydrogen-bond donors (Lipinski definition) is 0. The fraction of sp³-hybridized carbons (Fsp3) is 0.333. The summed E-state index contributed by atoms with van der Waals surface area (Å²) in [5.74, 6) is 0.654. The number of nitrogens with zero attached hydrogens (tertiary/aromatic N) is 1. The molecule has 0 aromatic heterocycles. The number of rotatable bonds is 5. The fourth-order valence-electron chi connectivity index (χ4n) is 3.21. The van der Waals surface area contributed by atoms with E-state index in [4.69, 9.17) is 4.74 Å². The Hall–Kier alpha value is -1.63. The summed E-state index contributed by atoms with van der Waals surface area (Å²) in [6, 6.07) is 16.5. The summed E-state index contributed by atoms with van der Waals surface area (Å²) in [6.07, 6.45) is 0. The van der Waals surface area contributed by atoms with Gasteiger partial charge in [0, 0.05) is 5.67 Å². The van der Waals surface area contributed by atoms with Crippen molar-refractivity contribution < 1.29 is 13.2 Å². The average molecular weight is 362 g/mol. The number of hydrogen-bond acceptors (Lipinski definition) is 3. The first-order chi connectivity index (χ1) is 11.3. The van der Waals surface area contributed by atoms with Crippen LogP contribution in [0.3, 0.4) is 0 Å². The van der Waals surface area contributed by atoms with Crippen LogP contribution in [0.4, 0.5) is 0 Å². The molecule has 0 N–H and O–H groups in total. The molecule has 2 aromatic rings. The molecule has 1 saturated heterocycles. The molecule has 4 nitrogen and oxygen atoms in total. The summed E-state index contributed by atoms with van der Waals surface area (Å²) in [4.78, 5) is 0.324. The summed E-state index contributed by atoms with van der Waals surface area (Å²) in [6.45, 7) is 6.66. The lowest BCUT2D eigenvalue weighted by molar-refractivity contribution is 0.414. The molecule has 1 fully saturated rings. The van der Waals surface area contributed by atoms with Crippen LogP contribution in [0.5, 0.6) is 5.75 Å². The Balaban J connectivity index is 1.99. The monoisotopic (exact) mass is 361 g/mol. The first-order valence-electron chi connectivity index (χ1n) is 7.99. The number of methoxy groups -OCH3 is 1. The van der Waals surface area contributed by atoms with Gasteiger partial charge in [0.15, 0.2) is 0 Å². The summed E-state index contributed by atoms with van der Waals surface area (Å²) in [5.41, 5.74) is 1.16. The molecule has 6 heteroatoms. The second kappa shape index (κ2) is 6.02. The molecule has 0 amide bonds. The average Bonchev–Trinajstić information content (AvgIpc) is 3.33. The maximum Gasteiger partial charge on any atom is 0.243 e. The van der Waals surface area contributed by atoms with Crippen LogP contribution < -0.4 is 4.74 Å². The molecule has 1 aliphatic rings. The van der Waals surface area contributed by atoms with Crippen molar-refractivity contribution in [2.75, 3.05) is 7.11 Å². The Morgan fingerprint density at radius 2 is 1.54 bits per heavy atom. The van der Waals surface area contributed by atoms with Gasteiger partial charge in [-0.2, -0.15) is 4.31 Å². The topological polar surface area (TPSA) is 46.4 Å². The molecule has 24 heavy (non-hydrogen) atoms. The summed E-state index contributed by atoms with van der Waals surface area (Å²) in [5, 5.41) is 0. The van der Waals surface area contributed by atoms with Crippen molar-refractivity contribution in [1.82, 2.24) is 4.31 Å². The van der Waals surface area contributed by atoms with Gasteiger partial charge in [-0.1, -0.05) is 50.0 Å². The molecule has 0 aliphatic carbocycles. The maximum absolute atomic E-state index is 13.1. The summed E-state index contributed by atoms with van der Waals surface area (Å²) < 4.78 is 33.1. The van der Waals surface area contributed by atoms with Crippen molar-refractivity contribution in [3.05, 3.63) is 60.2 Å². The van der Waals surface area contributed by atoms with Crippen molar-refractivity contribution >= 4 is 18.1 Å². The highest BCUT2D eigenvalue weighted by Crippen LogP contribution is 2.51. The van der Waals surface area contributed by atoms with Crippen molar-refractivity contribution in [1.29, 1.82) is 0 Å². The van der Waals surface area contributed by atoms with Crippen LogP contribution in [0.1, 0.15) is 11.6 Å². The predicted octanol–water partition coefficient (Wildman–Crippen LogP) is 3.69. The molecule has 1 heterocycles. The van der Waals surface area contributed by atoms with Gasteiger partial charge in [-0.05, 0) is 29.8 Å². The number of benzene rings is 2. The van der Waals surface area contributed by atoms with Crippen molar-refractivity contribution in [2.45, 2.75) is 36.2 Å². The lowest BCUT2D eigenvalue weighted by Gasteiger charge is -2.15. The molecule has 0 saturated carbocycles. The van der Waals surface area contributed by atoms with Gasteiger partial charge >= 0.3 is 0 Å². The van der Waals surface area contributed by atoms with Crippen LogP contribution in [0, 0.1) is 0 Å². The fourth-order valence-corrected chi connectivity index (χ4v) is 8.45. The SMILES string of the molecule is COc1ccc(S(=O)(=O)N2[C@H]([Si](C)(C)C)[C@@H]2c2ccccc2)cc1. The lowest BCUT2D eigenvalue weighted by Crippen LogP contribution is -2.33. The minimum atomic E-state index is -3.51. The van der Waals surface area contributed by atoms with E-state index in [2.05, 4.69) is 19.6 Å². The van der Waals surface area contributed by atoms with E-state index in [0.717, 1.165) is 5.56 Å². The van der Waals surface area contributed by atoms with E-state index < -0.39 is 18.1 Å². The molecule has 0 bridgehead atoms. The van der Waals surface area contributed by atoms with Gasteiger partial charge < -0.3 is 4.74 Å². The van der Waals surface area contributed by atoms with Crippen LogP contribution in [-0.2, 0) is 10.0 Å². The molecular weight excluding hydrogens is 338 g/mol. The highest BCUT2D eigenvalue weighted by molar-refractivity contribution is 7.89. The van der Waals surface area contributed by atoms with Crippen LogP contribution in [0.2, 0.25) is 19.6 Å². The molecule has 128 valence electrons. The first kappa shape index (κ1) is 17.2. The maximum atomic E-state index is 13.1. The highest BCUT2D eigenvalue weighted by atomic mass is 32.2. The minimum absolute atomic E-state index is 0.0510. The highest BCUT2D eigenvalue weighted by Gasteiger charge is 2.61. The van der Waals surface area contributed by atoms with E-state index in [-0.39, 0.29) is 11.7 Å². The zero-order chi connectivity index (χ0) is 17.5. The second-order valence-electron chi connectivity index (χ2n) is 7.18. The Morgan fingerprint density at radius 3 is 2.04 bits per heavy atom. The van der Waals surface area contributed by atoms with E-state index in [1.54, 1.807) is 35.7 Å². The molecule has 0 radical (unpaired) electrons. The third-order valence-electron chi connectivity index (χ3n) is 4.42. The Bertz CT molecular complexity index is 814. The first-order valence-corrected chi connectivity index (χ1v) is 13.0. The third kappa shape index (κ3) is 3.01. The van der Waals surface area contributed by atoms with Gasteiger partial charge in [0.05, 0.1) is 26.1 Å². The Morgan fingerprint density at radius 1 is 0.958 bits per heavy atom. The summed E-state index contributed by atoms with van der Waals surface area (Å²) in [7, 11) is -3.61. The van der Waals surface area contributed by atoms with Crippen LogP contribution in [0.15, 0.2) is 59.5 Å². The Labute approximate surface area is 145 Å².